The van der Waals surface area contributed by atoms with Gasteiger partial charge < -0.3 is 21.7 Å². The molecule has 0 aromatic rings. The Morgan fingerprint density at radius 3 is 2.21 bits per heavy atom. The van der Waals surface area contributed by atoms with Crippen molar-refractivity contribution in [2.75, 3.05) is 13.6 Å². The van der Waals surface area contributed by atoms with E-state index in [0.29, 0.717) is 9.21 Å². The number of aliphatic carboxylic acids is 1. The molecule has 0 rings (SSSR count). The van der Waals surface area contributed by atoms with Crippen LogP contribution in [0.2, 0.25) is 0 Å². The van der Waals surface area contributed by atoms with Crippen molar-refractivity contribution < 1.29 is 29.4 Å². The molecule has 10 nitrogen and oxygen atoms in total. The minimum absolute atomic E-state index is 0.0384. The van der Waals surface area contributed by atoms with E-state index in [1.54, 1.807) is 0 Å². The fourth-order valence-corrected chi connectivity index (χ4v) is 2.43. The van der Waals surface area contributed by atoms with Gasteiger partial charge in [0.15, 0.2) is 4.87 Å². The average Bonchev–Trinajstić information content (AvgIpc) is 2.54. The molecule has 0 saturated carbocycles. The molecule has 12 heteroatoms. The number of carbonyl (C=O) groups excluding carboxylic acids is 2. The first-order chi connectivity index (χ1) is 11.0. The normalized spacial score (nSPS) is 14.4. The number of nitrogens with two attached hydrogens (primary N) is 2. The third kappa shape index (κ3) is 5.85. The van der Waals surface area contributed by atoms with Crippen molar-refractivity contribution >= 4 is 49.3 Å². The zero-order chi connectivity index (χ0) is 19.1. The minimum atomic E-state index is -1.85. The van der Waals surface area contributed by atoms with Gasteiger partial charge >= 0.3 is 12.1 Å². The predicted molar refractivity (Wildman–Crippen MR) is 91.5 cm³/mol. The summed E-state index contributed by atoms with van der Waals surface area (Å²) in [5, 5.41) is 17.6. The van der Waals surface area contributed by atoms with E-state index in [1.165, 1.54) is 0 Å². The van der Waals surface area contributed by atoms with Gasteiger partial charge in [0.05, 0.1) is 0 Å². The van der Waals surface area contributed by atoms with Crippen molar-refractivity contribution in [3.05, 3.63) is 0 Å². The van der Waals surface area contributed by atoms with Crippen LogP contribution in [0.4, 0.5) is 4.79 Å². The van der Waals surface area contributed by atoms with Crippen LogP contribution in [0.25, 0.3) is 0 Å². The molecule has 0 saturated heterocycles. The molecule has 2 atom stereocenters. The van der Waals surface area contributed by atoms with Crippen LogP contribution in [0.1, 0.15) is 25.7 Å². The molecule has 0 aliphatic carbocycles. The average molecular weight is 382 g/mol. The number of imide groups is 1. The van der Waals surface area contributed by atoms with E-state index >= 15 is 0 Å². The minimum Gasteiger partial charge on any atom is -0.480 e. The smallest absolute Gasteiger partial charge is 0.413 e. The van der Waals surface area contributed by atoms with Gasteiger partial charge in [0, 0.05) is 13.5 Å². The molecular formula is C12H22N4O6S2. The van der Waals surface area contributed by atoms with Crippen LogP contribution in [0.3, 0.4) is 0 Å². The second-order valence-corrected chi connectivity index (χ2v) is 6.18. The molecule has 2 unspecified atom stereocenters. The Morgan fingerprint density at radius 1 is 1.25 bits per heavy atom. The number of hydrogen-bond donors (Lipinski definition) is 6. The van der Waals surface area contributed by atoms with Crippen LogP contribution < -0.4 is 11.5 Å². The quantitative estimate of drug-likeness (QED) is 0.226. The number of hydrogen-bond acceptors (Lipinski definition) is 8. The van der Waals surface area contributed by atoms with E-state index < -0.39 is 34.8 Å². The van der Waals surface area contributed by atoms with Crippen molar-refractivity contribution in [2.45, 2.75) is 36.6 Å². The van der Waals surface area contributed by atoms with Gasteiger partial charge in [-0.05, 0) is 25.8 Å². The fraction of sp³-hybridized carbons (Fsp3) is 0.667. The SMILES string of the molecule is CN(C(=O)O)C(=O)C(S)(CCCN)N(S)C(=O)CCC(N)C(=O)O. The summed E-state index contributed by atoms with van der Waals surface area (Å²) < 4.78 is 0.697. The highest BCUT2D eigenvalue weighted by atomic mass is 32.1. The largest absolute Gasteiger partial charge is 0.480 e. The third-order valence-corrected chi connectivity index (χ3v) is 4.57. The van der Waals surface area contributed by atoms with Crippen LogP contribution in [-0.4, -0.2) is 67.8 Å². The lowest BCUT2D eigenvalue weighted by Crippen LogP contribution is -2.55. The molecule has 6 N–H and O–H groups in total. The van der Waals surface area contributed by atoms with Gasteiger partial charge in [-0.2, -0.15) is 0 Å². The van der Waals surface area contributed by atoms with Gasteiger partial charge in [0.1, 0.15) is 6.04 Å². The molecule has 3 amide bonds. The maximum absolute atomic E-state index is 12.4. The van der Waals surface area contributed by atoms with Gasteiger partial charge in [-0.1, -0.05) is 12.8 Å². The Bertz CT molecular complexity index is 506. The summed E-state index contributed by atoms with van der Waals surface area (Å²) in [6.45, 7) is 0.187. The van der Waals surface area contributed by atoms with Gasteiger partial charge in [-0.15, -0.1) is 12.6 Å². The van der Waals surface area contributed by atoms with E-state index in [2.05, 4.69) is 25.4 Å². The summed E-state index contributed by atoms with van der Waals surface area (Å²) in [6, 6.07) is -1.24. The molecule has 0 radical (unpaired) electrons. The first-order valence-corrected chi connectivity index (χ1v) is 7.77. The zero-order valence-corrected chi connectivity index (χ0v) is 14.9. The fourth-order valence-electron chi connectivity index (χ4n) is 1.72. The molecule has 24 heavy (non-hydrogen) atoms. The standard InChI is InChI=1S/C12H22N4O6S2/c1-15(11(21)22)10(20)12(23,5-2-6-13)16(24)8(17)4-3-7(14)9(18)19/h7,23-24H,2-6,13-14H2,1H3,(H,18,19)(H,21,22). The van der Waals surface area contributed by atoms with E-state index in [4.69, 9.17) is 21.7 Å². The first-order valence-electron chi connectivity index (χ1n) is 6.92. The highest BCUT2D eigenvalue weighted by Crippen LogP contribution is 2.31. The monoisotopic (exact) mass is 382 g/mol. The lowest BCUT2D eigenvalue weighted by atomic mass is 10.1. The number of carbonyl (C=O) groups is 4. The molecule has 0 heterocycles. The maximum atomic E-state index is 12.4. The Hall–Kier alpha value is -1.50. The van der Waals surface area contributed by atoms with Crippen molar-refractivity contribution in [3.8, 4) is 0 Å². The van der Waals surface area contributed by atoms with Crippen molar-refractivity contribution in [1.29, 1.82) is 0 Å². The highest BCUT2D eigenvalue weighted by Gasteiger charge is 2.44. The van der Waals surface area contributed by atoms with Gasteiger partial charge in [0.25, 0.3) is 5.91 Å². The Labute approximate surface area is 150 Å². The molecular weight excluding hydrogens is 360 g/mol. The van der Waals surface area contributed by atoms with Crippen LogP contribution in [0, 0.1) is 0 Å². The topological polar surface area (TPSA) is 167 Å². The second-order valence-electron chi connectivity index (χ2n) is 5.04. The molecule has 0 bridgehead atoms. The number of nitrogens with zero attached hydrogens (tertiary/aromatic N) is 2. The molecule has 0 aliphatic heterocycles. The summed E-state index contributed by atoms with van der Waals surface area (Å²) in [6.07, 6.45) is -1.75. The summed E-state index contributed by atoms with van der Waals surface area (Å²) in [5.74, 6) is -2.96. The Kier molecular flexibility index (Phi) is 9.11. The number of thiol groups is 2. The number of amides is 3. The molecule has 0 aromatic carbocycles. The molecule has 0 aliphatic rings. The third-order valence-electron chi connectivity index (χ3n) is 3.24. The Balaban J connectivity index is 5.27. The second kappa shape index (κ2) is 9.71. The summed E-state index contributed by atoms with van der Waals surface area (Å²) >= 11 is 8.15. The van der Waals surface area contributed by atoms with Crippen LogP contribution in [0.15, 0.2) is 0 Å². The number of rotatable bonds is 9. The van der Waals surface area contributed by atoms with Crippen LogP contribution in [-0.2, 0) is 14.4 Å². The molecule has 0 aromatic heterocycles. The lowest BCUT2D eigenvalue weighted by Gasteiger charge is -2.36. The van der Waals surface area contributed by atoms with Crippen molar-refractivity contribution in [2.24, 2.45) is 11.5 Å². The van der Waals surface area contributed by atoms with E-state index in [0.717, 1.165) is 7.05 Å². The van der Waals surface area contributed by atoms with Gasteiger partial charge in [0.2, 0.25) is 5.91 Å². The van der Waals surface area contributed by atoms with Crippen molar-refractivity contribution in [3.63, 3.8) is 0 Å². The Morgan fingerprint density at radius 2 is 1.79 bits per heavy atom. The maximum Gasteiger partial charge on any atom is 0.413 e. The van der Waals surface area contributed by atoms with Crippen LogP contribution in [0.5, 0.6) is 0 Å². The summed E-state index contributed by atoms with van der Waals surface area (Å²) in [4.78, 5) is 44.7. The molecule has 138 valence electrons. The van der Waals surface area contributed by atoms with Crippen molar-refractivity contribution in [1.82, 2.24) is 9.21 Å². The van der Waals surface area contributed by atoms with Gasteiger partial charge in [-0.25, -0.2) is 9.69 Å². The zero-order valence-electron chi connectivity index (χ0n) is 13.1. The van der Waals surface area contributed by atoms with Crippen LogP contribution >= 0.6 is 25.4 Å². The van der Waals surface area contributed by atoms with E-state index in [-0.39, 0.29) is 32.2 Å². The first kappa shape index (κ1) is 22.5. The summed E-state index contributed by atoms with van der Waals surface area (Å²) in [7, 11) is 1.02. The highest BCUT2D eigenvalue weighted by molar-refractivity contribution is 7.85. The summed E-state index contributed by atoms with van der Waals surface area (Å²) in [5.41, 5.74) is 10.7. The molecule has 0 spiro atoms. The van der Waals surface area contributed by atoms with E-state index in [9.17, 15) is 19.2 Å². The number of likely N-dealkylation sites (N-methyl/N-ethyl adjacent to an activating group) is 1. The number of carboxylic acids is 1. The molecule has 0 fully saturated rings. The lowest BCUT2D eigenvalue weighted by molar-refractivity contribution is -0.141. The predicted octanol–water partition coefficient (Wildman–Crippen LogP) is -0.647. The number of carboxylic acid groups (broad SMARTS) is 2. The van der Waals surface area contributed by atoms with Gasteiger partial charge in [-0.3, -0.25) is 18.7 Å². The van der Waals surface area contributed by atoms with E-state index in [1.807, 2.05) is 0 Å².